The Labute approximate surface area is 190 Å². The van der Waals surface area contributed by atoms with E-state index in [9.17, 15) is 0 Å². The lowest BCUT2D eigenvalue weighted by atomic mass is 9.93. The predicted octanol–water partition coefficient (Wildman–Crippen LogP) is 6.12. The molecule has 6 heteroatoms. The number of hydrogen-bond acceptors (Lipinski definition) is 5. The van der Waals surface area contributed by atoms with Crippen LogP contribution in [-0.4, -0.2) is 24.5 Å². The molecule has 6 nitrogen and oxygen atoms in total. The maximum absolute atomic E-state index is 4.94. The van der Waals surface area contributed by atoms with Gasteiger partial charge in [0.15, 0.2) is 0 Å². The van der Waals surface area contributed by atoms with Crippen LogP contribution < -0.4 is 4.90 Å². The maximum atomic E-state index is 4.94. The average molecular weight is 427 g/mol. The monoisotopic (exact) mass is 426 g/mol. The number of aromatic nitrogens is 5. The summed E-state index contributed by atoms with van der Waals surface area (Å²) in [5.74, 6) is 2.79. The fourth-order valence-corrected chi connectivity index (χ4v) is 3.28. The Morgan fingerprint density at radius 3 is 1.75 bits per heavy atom. The molecule has 32 heavy (non-hydrogen) atoms. The van der Waals surface area contributed by atoms with Gasteiger partial charge in [0, 0.05) is 28.9 Å². The van der Waals surface area contributed by atoms with Gasteiger partial charge in [-0.05, 0) is 24.3 Å². The largest absolute Gasteiger partial charge is 0.285 e. The minimum Gasteiger partial charge on any atom is -0.285 e. The van der Waals surface area contributed by atoms with Crippen molar-refractivity contribution >= 4 is 17.6 Å². The quantitative estimate of drug-likeness (QED) is 0.393. The van der Waals surface area contributed by atoms with Crippen molar-refractivity contribution in [2.45, 2.75) is 52.4 Å². The molecule has 0 saturated carbocycles. The van der Waals surface area contributed by atoms with E-state index in [1.165, 1.54) is 0 Å². The summed E-state index contributed by atoms with van der Waals surface area (Å²) in [5, 5.41) is 0. The molecule has 0 amide bonds. The van der Waals surface area contributed by atoms with Gasteiger partial charge in [-0.2, -0.15) is 9.97 Å². The lowest BCUT2D eigenvalue weighted by molar-refractivity contribution is 0.496. The molecule has 0 radical (unpaired) electrons. The molecule has 0 spiro atoms. The summed E-state index contributed by atoms with van der Waals surface area (Å²) in [6.07, 6.45) is 3.76. The zero-order valence-electron chi connectivity index (χ0n) is 19.6. The van der Waals surface area contributed by atoms with Crippen molar-refractivity contribution in [3.63, 3.8) is 0 Å². The number of para-hydroxylation sites is 2. The van der Waals surface area contributed by atoms with Crippen LogP contribution in [0.15, 0.2) is 73.1 Å². The molecule has 0 N–H and O–H groups in total. The second kappa shape index (κ2) is 8.19. The number of hydrogen-bond donors (Lipinski definition) is 0. The van der Waals surface area contributed by atoms with E-state index < -0.39 is 0 Å². The summed E-state index contributed by atoms with van der Waals surface area (Å²) >= 11 is 0. The fourth-order valence-electron chi connectivity index (χ4n) is 3.28. The van der Waals surface area contributed by atoms with Gasteiger partial charge in [0.1, 0.15) is 11.6 Å². The van der Waals surface area contributed by atoms with Crippen LogP contribution in [0.1, 0.15) is 53.2 Å². The summed E-state index contributed by atoms with van der Waals surface area (Å²) in [4.78, 5) is 21.4. The molecule has 2 heterocycles. The highest BCUT2D eigenvalue weighted by Gasteiger charge is 2.29. The van der Waals surface area contributed by atoms with E-state index >= 15 is 0 Å². The third kappa shape index (κ3) is 4.40. The molecule has 2 aromatic heterocycles. The molecule has 4 aromatic rings. The van der Waals surface area contributed by atoms with E-state index in [2.05, 4.69) is 53.7 Å². The van der Waals surface area contributed by atoms with Crippen LogP contribution in [0.3, 0.4) is 0 Å². The molecule has 4 rings (SSSR count). The summed E-state index contributed by atoms with van der Waals surface area (Å²) < 4.78 is 2.05. The van der Waals surface area contributed by atoms with Gasteiger partial charge in [-0.1, -0.05) is 77.9 Å². The molecular weight excluding hydrogens is 396 g/mol. The van der Waals surface area contributed by atoms with E-state index in [0.29, 0.717) is 11.9 Å². The van der Waals surface area contributed by atoms with Gasteiger partial charge < -0.3 is 0 Å². The number of anilines is 3. The SMILES string of the molecule is CC(C)(C)c1nc(N(c2ccccc2)c2nccn2-c2ccccc2)nc(C(C)(C)C)n1. The molecule has 0 unspecified atom stereocenters. The first kappa shape index (κ1) is 21.7. The number of imidazole rings is 1. The molecule has 0 atom stereocenters. The lowest BCUT2D eigenvalue weighted by Gasteiger charge is -2.27. The first-order valence-electron chi connectivity index (χ1n) is 10.9. The van der Waals surface area contributed by atoms with Gasteiger partial charge >= 0.3 is 0 Å². The van der Waals surface area contributed by atoms with Gasteiger partial charge in [-0.3, -0.25) is 4.57 Å². The number of rotatable bonds is 4. The van der Waals surface area contributed by atoms with Crippen molar-refractivity contribution in [3.8, 4) is 5.69 Å². The van der Waals surface area contributed by atoms with Crippen LogP contribution in [0, 0.1) is 0 Å². The van der Waals surface area contributed by atoms with Crippen molar-refractivity contribution in [1.29, 1.82) is 0 Å². The Bertz CT molecular complexity index is 1150. The Hall–Kier alpha value is -3.54. The van der Waals surface area contributed by atoms with Crippen molar-refractivity contribution in [3.05, 3.63) is 84.7 Å². The van der Waals surface area contributed by atoms with Crippen molar-refractivity contribution in [2.75, 3.05) is 4.90 Å². The number of benzene rings is 2. The molecule has 2 aromatic carbocycles. The first-order chi connectivity index (χ1) is 15.1. The maximum Gasteiger partial charge on any atom is 0.240 e. The first-order valence-corrected chi connectivity index (χ1v) is 10.9. The summed E-state index contributed by atoms with van der Waals surface area (Å²) in [6.45, 7) is 12.7. The van der Waals surface area contributed by atoms with Crippen LogP contribution in [0.2, 0.25) is 0 Å². The highest BCUT2D eigenvalue weighted by molar-refractivity contribution is 5.69. The summed E-state index contributed by atoms with van der Waals surface area (Å²) in [6, 6.07) is 20.3. The van der Waals surface area contributed by atoms with E-state index in [1.807, 2.05) is 64.2 Å². The van der Waals surface area contributed by atoms with Crippen molar-refractivity contribution in [2.24, 2.45) is 0 Å². The highest BCUT2D eigenvalue weighted by atomic mass is 15.4. The van der Waals surface area contributed by atoms with Crippen LogP contribution in [0.5, 0.6) is 0 Å². The van der Waals surface area contributed by atoms with Crippen molar-refractivity contribution in [1.82, 2.24) is 24.5 Å². The standard InChI is InChI=1S/C26H30N6/c1-25(2,3)21-28-22(26(4,5)6)30-23(29-21)32(20-15-11-8-12-16-20)24-27-17-18-31(24)19-13-9-7-10-14-19/h7-18H,1-6H3. The van der Waals surface area contributed by atoms with E-state index in [0.717, 1.165) is 23.0 Å². The molecule has 164 valence electrons. The van der Waals surface area contributed by atoms with Crippen LogP contribution >= 0.6 is 0 Å². The molecular formula is C26H30N6. The van der Waals surface area contributed by atoms with Gasteiger partial charge in [0.2, 0.25) is 11.9 Å². The van der Waals surface area contributed by atoms with E-state index in [4.69, 9.17) is 19.9 Å². The van der Waals surface area contributed by atoms with Crippen LogP contribution in [-0.2, 0) is 10.8 Å². The Balaban J connectivity index is 1.98. The Kier molecular flexibility index (Phi) is 5.55. The number of nitrogens with zero attached hydrogens (tertiary/aromatic N) is 6. The zero-order valence-corrected chi connectivity index (χ0v) is 19.6. The summed E-state index contributed by atoms with van der Waals surface area (Å²) in [7, 11) is 0. The molecule has 0 aliphatic carbocycles. The van der Waals surface area contributed by atoms with Crippen LogP contribution in [0.4, 0.5) is 17.6 Å². The van der Waals surface area contributed by atoms with Gasteiger partial charge in [0.05, 0.1) is 5.69 Å². The van der Waals surface area contributed by atoms with Gasteiger partial charge in [-0.15, -0.1) is 0 Å². The smallest absolute Gasteiger partial charge is 0.240 e. The molecule has 0 bridgehead atoms. The zero-order chi connectivity index (χ0) is 22.9. The lowest BCUT2D eigenvalue weighted by Crippen LogP contribution is -2.27. The molecule has 0 aliphatic rings. The minimum atomic E-state index is -0.227. The predicted molar refractivity (Wildman–Crippen MR) is 129 cm³/mol. The average Bonchev–Trinajstić information content (AvgIpc) is 3.23. The third-order valence-electron chi connectivity index (χ3n) is 5.04. The topological polar surface area (TPSA) is 59.7 Å². The highest BCUT2D eigenvalue weighted by Crippen LogP contribution is 2.34. The Morgan fingerprint density at radius 1 is 0.688 bits per heavy atom. The van der Waals surface area contributed by atoms with Crippen molar-refractivity contribution < 1.29 is 0 Å². The third-order valence-corrected chi connectivity index (χ3v) is 5.04. The van der Waals surface area contributed by atoms with E-state index in [-0.39, 0.29) is 10.8 Å². The second-order valence-electron chi connectivity index (χ2n) is 9.89. The van der Waals surface area contributed by atoms with Gasteiger partial charge in [-0.25, -0.2) is 14.9 Å². The molecule has 0 aliphatic heterocycles. The normalized spacial score (nSPS) is 12.1. The molecule has 0 fully saturated rings. The summed E-state index contributed by atoms with van der Waals surface area (Å²) in [5.41, 5.74) is 1.49. The van der Waals surface area contributed by atoms with Crippen LogP contribution in [0.25, 0.3) is 5.69 Å². The molecule has 0 saturated heterocycles. The minimum absolute atomic E-state index is 0.227. The second-order valence-corrected chi connectivity index (χ2v) is 9.89. The fraction of sp³-hybridized carbons (Fsp3) is 0.308. The van der Waals surface area contributed by atoms with Gasteiger partial charge in [0.25, 0.3) is 0 Å². The van der Waals surface area contributed by atoms with E-state index in [1.54, 1.807) is 6.20 Å². The Morgan fingerprint density at radius 2 is 1.22 bits per heavy atom.